The summed E-state index contributed by atoms with van der Waals surface area (Å²) in [5, 5.41) is 10.2. The van der Waals surface area contributed by atoms with Gasteiger partial charge in [-0.3, -0.25) is 0 Å². The van der Waals surface area contributed by atoms with Gasteiger partial charge in [0, 0.05) is 6.54 Å². The number of hydrogen-bond donors (Lipinski definition) is 1. The zero-order valence-corrected chi connectivity index (χ0v) is 10.6. The van der Waals surface area contributed by atoms with E-state index in [-0.39, 0.29) is 6.61 Å². The number of aliphatic hydroxyl groups excluding tert-OH is 1. The summed E-state index contributed by atoms with van der Waals surface area (Å²) in [5.41, 5.74) is 0.948. The van der Waals surface area contributed by atoms with Crippen molar-refractivity contribution in [3.05, 3.63) is 10.6 Å². The third-order valence-corrected chi connectivity index (χ3v) is 4.15. The fourth-order valence-corrected chi connectivity index (χ4v) is 2.95. The number of hydrogen-bond acceptors (Lipinski definition) is 5. The molecule has 1 aliphatic heterocycles. The first-order valence-corrected chi connectivity index (χ1v) is 6.49. The molecule has 1 unspecified atom stereocenters. The van der Waals surface area contributed by atoms with Gasteiger partial charge >= 0.3 is 0 Å². The van der Waals surface area contributed by atoms with Gasteiger partial charge < -0.3 is 14.7 Å². The van der Waals surface area contributed by atoms with Gasteiger partial charge in [-0.1, -0.05) is 18.3 Å². The van der Waals surface area contributed by atoms with Crippen molar-refractivity contribution in [3.63, 3.8) is 0 Å². The van der Waals surface area contributed by atoms with E-state index in [0.717, 1.165) is 41.9 Å². The minimum atomic E-state index is 0.0879. The Morgan fingerprint density at radius 3 is 3.06 bits per heavy atom. The first-order chi connectivity index (χ1) is 7.76. The molecule has 1 aliphatic rings. The number of ether oxygens (including phenoxy) is 1. The number of aliphatic hydroxyl groups is 1. The Morgan fingerprint density at radius 2 is 2.44 bits per heavy atom. The molecule has 1 saturated heterocycles. The average molecular weight is 242 g/mol. The van der Waals surface area contributed by atoms with Crippen LogP contribution < -0.4 is 4.90 Å². The highest BCUT2D eigenvalue weighted by molar-refractivity contribution is 7.15. The second-order valence-corrected chi connectivity index (χ2v) is 5.06. The first kappa shape index (κ1) is 11.8. The summed E-state index contributed by atoms with van der Waals surface area (Å²) >= 11 is 1.59. The van der Waals surface area contributed by atoms with Crippen molar-refractivity contribution in [2.24, 2.45) is 0 Å². The molecule has 2 rings (SSSR count). The number of thiazole rings is 1. The normalized spacial score (nSPS) is 21.4. The Kier molecular flexibility index (Phi) is 3.78. The van der Waals surface area contributed by atoms with Gasteiger partial charge in [0.05, 0.1) is 36.4 Å². The number of aromatic nitrogens is 1. The minimum Gasteiger partial charge on any atom is -0.391 e. The van der Waals surface area contributed by atoms with Crippen LogP contribution in [0.15, 0.2) is 0 Å². The molecule has 0 aliphatic carbocycles. The molecule has 1 aromatic rings. The van der Waals surface area contributed by atoms with E-state index >= 15 is 0 Å². The highest BCUT2D eigenvalue weighted by atomic mass is 32.1. The van der Waals surface area contributed by atoms with Crippen molar-refractivity contribution in [1.29, 1.82) is 0 Å². The van der Waals surface area contributed by atoms with Crippen LogP contribution in [0, 0.1) is 6.92 Å². The molecule has 0 aromatic carbocycles. The largest absolute Gasteiger partial charge is 0.391 e. The monoisotopic (exact) mass is 242 g/mol. The lowest BCUT2D eigenvalue weighted by atomic mass is 10.2. The Morgan fingerprint density at radius 1 is 1.62 bits per heavy atom. The SMILES string of the molecule is CCC1COCCN1c1nc(C)c(CO)s1. The van der Waals surface area contributed by atoms with E-state index in [2.05, 4.69) is 16.8 Å². The molecule has 0 amide bonds. The van der Waals surface area contributed by atoms with Gasteiger partial charge in [-0.05, 0) is 13.3 Å². The minimum absolute atomic E-state index is 0.0879. The van der Waals surface area contributed by atoms with E-state index in [4.69, 9.17) is 4.74 Å². The van der Waals surface area contributed by atoms with Crippen LogP contribution in [0.5, 0.6) is 0 Å². The average Bonchev–Trinajstić information content (AvgIpc) is 2.70. The second kappa shape index (κ2) is 5.12. The maximum absolute atomic E-state index is 9.18. The molecular formula is C11H18N2O2S. The summed E-state index contributed by atoms with van der Waals surface area (Å²) in [4.78, 5) is 7.81. The van der Waals surface area contributed by atoms with Crippen LogP contribution in [0.4, 0.5) is 5.13 Å². The van der Waals surface area contributed by atoms with Crippen molar-refractivity contribution in [1.82, 2.24) is 4.98 Å². The molecule has 0 spiro atoms. The summed E-state index contributed by atoms with van der Waals surface area (Å²) in [6.45, 7) is 6.65. The molecule has 1 atom stereocenters. The molecule has 16 heavy (non-hydrogen) atoms. The van der Waals surface area contributed by atoms with Crippen molar-refractivity contribution in [2.75, 3.05) is 24.7 Å². The van der Waals surface area contributed by atoms with Gasteiger partial charge in [-0.15, -0.1) is 0 Å². The quantitative estimate of drug-likeness (QED) is 0.873. The lowest BCUT2D eigenvalue weighted by Crippen LogP contribution is -2.45. The summed E-state index contributed by atoms with van der Waals surface area (Å²) in [6, 6.07) is 0.422. The third kappa shape index (κ3) is 2.21. The van der Waals surface area contributed by atoms with Crippen LogP contribution in [-0.4, -0.2) is 35.9 Å². The second-order valence-electron chi connectivity index (χ2n) is 3.99. The molecule has 1 fully saturated rings. The number of aryl methyl sites for hydroxylation is 1. The van der Waals surface area contributed by atoms with Crippen molar-refractivity contribution in [3.8, 4) is 0 Å². The lowest BCUT2D eigenvalue weighted by molar-refractivity contribution is 0.0929. The zero-order chi connectivity index (χ0) is 11.5. The van der Waals surface area contributed by atoms with Crippen LogP contribution in [0.1, 0.15) is 23.9 Å². The summed E-state index contributed by atoms with van der Waals surface area (Å²) < 4.78 is 5.47. The molecule has 4 nitrogen and oxygen atoms in total. The highest BCUT2D eigenvalue weighted by Gasteiger charge is 2.24. The number of morpholine rings is 1. The fourth-order valence-electron chi connectivity index (χ4n) is 1.93. The number of rotatable bonds is 3. The van der Waals surface area contributed by atoms with E-state index in [9.17, 15) is 5.11 Å². The lowest BCUT2D eigenvalue weighted by Gasteiger charge is -2.34. The van der Waals surface area contributed by atoms with E-state index < -0.39 is 0 Å². The molecular weight excluding hydrogens is 224 g/mol. The molecule has 5 heteroatoms. The van der Waals surface area contributed by atoms with Crippen LogP contribution >= 0.6 is 11.3 Å². The van der Waals surface area contributed by atoms with Gasteiger partial charge in [0.1, 0.15) is 0 Å². The highest BCUT2D eigenvalue weighted by Crippen LogP contribution is 2.29. The van der Waals surface area contributed by atoms with Crippen LogP contribution in [0.25, 0.3) is 0 Å². The summed E-state index contributed by atoms with van der Waals surface area (Å²) in [5.74, 6) is 0. The molecule has 1 N–H and O–H groups in total. The first-order valence-electron chi connectivity index (χ1n) is 5.67. The topological polar surface area (TPSA) is 45.6 Å². The molecule has 0 radical (unpaired) electrons. The van der Waals surface area contributed by atoms with E-state index in [1.54, 1.807) is 11.3 Å². The molecule has 0 bridgehead atoms. The Balaban J connectivity index is 2.20. The van der Waals surface area contributed by atoms with Gasteiger partial charge in [-0.25, -0.2) is 4.98 Å². The maximum atomic E-state index is 9.18. The van der Waals surface area contributed by atoms with Gasteiger partial charge in [0.2, 0.25) is 0 Å². The van der Waals surface area contributed by atoms with E-state index in [0.29, 0.717) is 6.04 Å². The number of nitrogens with zero attached hydrogens (tertiary/aromatic N) is 2. The molecule has 2 heterocycles. The Labute approximate surface area is 99.9 Å². The maximum Gasteiger partial charge on any atom is 0.186 e. The van der Waals surface area contributed by atoms with Crippen LogP contribution in [0.3, 0.4) is 0 Å². The predicted molar refractivity (Wildman–Crippen MR) is 65.0 cm³/mol. The Hall–Kier alpha value is -0.650. The van der Waals surface area contributed by atoms with Crippen LogP contribution in [0.2, 0.25) is 0 Å². The van der Waals surface area contributed by atoms with Crippen LogP contribution in [-0.2, 0) is 11.3 Å². The number of anilines is 1. The zero-order valence-electron chi connectivity index (χ0n) is 9.77. The summed E-state index contributed by atoms with van der Waals surface area (Å²) in [6.07, 6.45) is 1.06. The third-order valence-electron chi connectivity index (χ3n) is 2.97. The molecule has 1 aromatic heterocycles. The smallest absolute Gasteiger partial charge is 0.186 e. The van der Waals surface area contributed by atoms with Gasteiger partial charge in [-0.2, -0.15) is 0 Å². The van der Waals surface area contributed by atoms with Gasteiger partial charge in [0.25, 0.3) is 0 Å². The van der Waals surface area contributed by atoms with E-state index in [1.807, 2.05) is 6.92 Å². The predicted octanol–water partition coefficient (Wildman–Crippen LogP) is 1.56. The van der Waals surface area contributed by atoms with Crippen molar-refractivity contribution >= 4 is 16.5 Å². The fraction of sp³-hybridized carbons (Fsp3) is 0.727. The van der Waals surface area contributed by atoms with Crippen molar-refractivity contribution in [2.45, 2.75) is 32.9 Å². The molecule has 90 valence electrons. The molecule has 0 saturated carbocycles. The van der Waals surface area contributed by atoms with Crippen molar-refractivity contribution < 1.29 is 9.84 Å². The van der Waals surface area contributed by atoms with Gasteiger partial charge in [0.15, 0.2) is 5.13 Å². The Bertz CT molecular complexity index is 354. The summed E-state index contributed by atoms with van der Waals surface area (Å²) in [7, 11) is 0. The standard InChI is InChI=1S/C11H18N2O2S/c1-3-9-7-15-5-4-13(9)11-12-8(2)10(6-14)16-11/h9,14H,3-7H2,1-2H3. The van der Waals surface area contributed by atoms with E-state index in [1.165, 1.54) is 0 Å².